The number of anilines is 2. The number of aliphatic hydroxyl groups is 1. The van der Waals surface area contributed by atoms with E-state index in [2.05, 4.69) is 20.3 Å². The number of hydrogen-bond acceptors (Lipinski definition) is 6. The second-order valence-electron chi connectivity index (χ2n) is 8.86. The zero-order valence-electron chi connectivity index (χ0n) is 19.8. The van der Waals surface area contributed by atoms with Crippen molar-refractivity contribution in [1.29, 1.82) is 0 Å². The minimum Gasteiger partial charge on any atom is -0.387 e. The van der Waals surface area contributed by atoms with Gasteiger partial charge in [0.05, 0.1) is 23.6 Å². The molecule has 0 aliphatic rings. The van der Waals surface area contributed by atoms with Crippen LogP contribution in [0.5, 0.6) is 0 Å². The molecule has 1 unspecified atom stereocenters. The van der Waals surface area contributed by atoms with E-state index in [4.69, 9.17) is 5.73 Å². The van der Waals surface area contributed by atoms with Crippen molar-refractivity contribution in [3.63, 3.8) is 0 Å². The number of alkyl halides is 3. The number of nitrogens with one attached hydrogen (secondary N) is 1. The molecule has 188 valence electrons. The summed E-state index contributed by atoms with van der Waals surface area (Å²) >= 11 is 0. The molecule has 4 N–H and O–H groups in total. The van der Waals surface area contributed by atoms with E-state index >= 15 is 0 Å². The van der Waals surface area contributed by atoms with Crippen molar-refractivity contribution in [2.24, 2.45) is 5.92 Å². The van der Waals surface area contributed by atoms with E-state index in [9.17, 15) is 23.1 Å². The molecule has 0 bridgehead atoms. The molecule has 0 saturated heterocycles. The summed E-state index contributed by atoms with van der Waals surface area (Å²) in [6.07, 6.45) is -2.23. The quantitative estimate of drug-likeness (QED) is 0.343. The first kappa shape index (κ1) is 25.1. The predicted octanol–water partition coefficient (Wildman–Crippen LogP) is 5.03. The van der Waals surface area contributed by atoms with Crippen LogP contribution < -0.4 is 11.1 Å². The Hall–Kier alpha value is -3.99. The fourth-order valence-corrected chi connectivity index (χ4v) is 3.99. The fraction of sp³-hybridized carbons (Fsp3) is 0.280. The number of halogens is 3. The minimum atomic E-state index is -4.54. The van der Waals surface area contributed by atoms with Gasteiger partial charge in [-0.05, 0) is 43.5 Å². The van der Waals surface area contributed by atoms with Crippen LogP contribution in [0, 0.1) is 12.8 Å². The second-order valence-corrected chi connectivity index (χ2v) is 8.86. The molecule has 3 aromatic heterocycles. The number of fused-ring (bicyclic) bond motifs is 1. The number of aryl methyl sites for hydroxylation is 1. The smallest absolute Gasteiger partial charge is 0.387 e. The largest absolute Gasteiger partial charge is 0.416 e. The van der Waals surface area contributed by atoms with Crippen molar-refractivity contribution < 1.29 is 23.1 Å². The normalized spacial score (nSPS) is 12.8. The molecular formula is C25H25F3N6O2. The van der Waals surface area contributed by atoms with Crippen LogP contribution in [-0.2, 0) is 6.18 Å². The Labute approximate surface area is 205 Å². The number of nitrogen functional groups attached to an aromatic ring is 1. The van der Waals surface area contributed by atoms with Crippen molar-refractivity contribution in [2.45, 2.75) is 39.5 Å². The monoisotopic (exact) mass is 498 g/mol. The van der Waals surface area contributed by atoms with Crippen molar-refractivity contribution in [3.05, 3.63) is 71.4 Å². The molecule has 1 amide bonds. The van der Waals surface area contributed by atoms with Crippen LogP contribution in [0.25, 0.3) is 16.8 Å². The number of benzene rings is 1. The number of hydrogen-bond donors (Lipinski definition) is 3. The standard InChI is InChI=1S/C25H25F3N6O2/c1-13(2)10-19(35)18-12-31-23(29)22-21(32-14(3)34(18)22)15-4-6-16(7-5-15)24(36)33-20-11-17(8-9-30-20)25(26,27)28/h4-9,11-13,19,35H,10H2,1-3H3,(H2,29,31)(H,30,33,36). The molecule has 4 rings (SSSR count). The fourth-order valence-electron chi connectivity index (χ4n) is 3.99. The Morgan fingerprint density at radius 2 is 1.86 bits per heavy atom. The SMILES string of the molecule is Cc1nc(-c2ccc(C(=O)Nc3cc(C(F)(F)F)ccn3)cc2)c2c(N)ncc(C(O)CC(C)C)n12. The number of pyridine rings is 1. The minimum absolute atomic E-state index is 0.207. The summed E-state index contributed by atoms with van der Waals surface area (Å²) in [6, 6.07) is 7.97. The van der Waals surface area contributed by atoms with Crippen LogP contribution >= 0.6 is 0 Å². The van der Waals surface area contributed by atoms with E-state index in [0.717, 1.165) is 18.3 Å². The highest BCUT2D eigenvalue weighted by Crippen LogP contribution is 2.33. The lowest BCUT2D eigenvalue weighted by molar-refractivity contribution is -0.137. The Morgan fingerprint density at radius 1 is 1.17 bits per heavy atom. The lowest BCUT2D eigenvalue weighted by Crippen LogP contribution is -2.14. The molecular weight excluding hydrogens is 473 g/mol. The molecule has 0 spiro atoms. The molecule has 8 nitrogen and oxygen atoms in total. The van der Waals surface area contributed by atoms with Gasteiger partial charge in [-0.15, -0.1) is 0 Å². The molecule has 4 aromatic rings. The highest BCUT2D eigenvalue weighted by Gasteiger charge is 2.31. The summed E-state index contributed by atoms with van der Waals surface area (Å²) < 4.78 is 40.6. The molecule has 1 atom stereocenters. The third-order valence-corrected chi connectivity index (χ3v) is 5.67. The van der Waals surface area contributed by atoms with Crippen LogP contribution in [0.4, 0.5) is 24.8 Å². The van der Waals surface area contributed by atoms with Gasteiger partial charge in [0.25, 0.3) is 5.91 Å². The van der Waals surface area contributed by atoms with Crippen molar-refractivity contribution in [3.8, 4) is 11.3 Å². The zero-order valence-corrected chi connectivity index (χ0v) is 19.8. The summed E-state index contributed by atoms with van der Waals surface area (Å²) in [7, 11) is 0. The van der Waals surface area contributed by atoms with Gasteiger partial charge < -0.3 is 16.2 Å². The van der Waals surface area contributed by atoms with Crippen LogP contribution in [0.2, 0.25) is 0 Å². The maximum absolute atomic E-state index is 12.9. The predicted molar refractivity (Wildman–Crippen MR) is 129 cm³/mol. The third kappa shape index (κ3) is 5.01. The number of nitrogens with two attached hydrogens (primary N) is 1. The van der Waals surface area contributed by atoms with Gasteiger partial charge in [-0.3, -0.25) is 9.20 Å². The number of aromatic nitrogens is 4. The maximum atomic E-state index is 12.9. The number of nitrogens with zero attached hydrogens (tertiary/aromatic N) is 4. The van der Waals surface area contributed by atoms with Gasteiger partial charge in [0.1, 0.15) is 28.7 Å². The number of aliphatic hydroxyl groups excluding tert-OH is 1. The molecule has 0 saturated carbocycles. The molecule has 3 heterocycles. The van der Waals surface area contributed by atoms with Crippen LogP contribution in [0.15, 0.2) is 48.8 Å². The summed E-state index contributed by atoms with van der Waals surface area (Å²) in [5, 5.41) is 13.1. The van der Waals surface area contributed by atoms with Gasteiger partial charge in [-0.2, -0.15) is 13.2 Å². The van der Waals surface area contributed by atoms with Gasteiger partial charge in [0.2, 0.25) is 0 Å². The molecule has 0 fully saturated rings. The van der Waals surface area contributed by atoms with Crippen LogP contribution in [0.1, 0.15) is 53.8 Å². The van der Waals surface area contributed by atoms with Crippen LogP contribution in [-0.4, -0.2) is 30.4 Å². The summed E-state index contributed by atoms with van der Waals surface area (Å²) in [6.45, 7) is 5.82. The van der Waals surface area contributed by atoms with E-state index in [-0.39, 0.29) is 23.1 Å². The zero-order chi connectivity index (χ0) is 26.2. The highest BCUT2D eigenvalue weighted by atomic mass is 19.4. The molecule has 11 heteroatoms. The Bertz CT molecular complexity index is 1410. The van der Waals surface area contributed by atoms with Crippen molar-refractivity contribution in [2.75, 3.05) is 11.1 Å². The number of carbonyl (C=O) groups is 1. The first-order valence-electron chi connectivity index (χ1n) is 11.2. The van der Waals surface area contributed by atoms with Gasteiger partial charge in [0, 0.05) is 17.3 Å². The molecule has 0 aliphatic heterocycles. The lowest BCUT2D eigenvalue weighted by Gasteiger charge is -2.16. The lowest BCUT2D eigenvalue weighted by atomic mass is 10.0. The average molecular weight is 499 g/mol. The third-order valence-electron chi connectivity index (χ3n) is 5.67. The van der Waals surface area contributed by atoms with E-state index < -0.39 is 23.8 Å². The van der Waals surface area contributed by atoms with Crippen molar-refractivity contribution in [1.82, 2.24) is 19.4 Å². The molecule has 0 aliphatic carbocycles. The van der Waals surface area contributed by atoms with Gasteiger partial charge in [-0.1, -0.05) is 26.0 Å². The van der Waals surface area contributed by atoms with Crippen molar-refractivity contribution >= 4 is 23.1 Å². The van der Waals surface area contributed by atoms with Gasteiger partial charge in [0.15, 0.2) is 0 Å². The topological polar surface area (TPSA) is 118 Å². The second kappa shape index (κ2) is 9.57. The summed E-state index contributed by atoms with van der Waals surface area (Å²) in [4.78, 5) is 25.3. The number of amides is 1. The number of rotatable bonds is 6. The van der Waals surface area contributed by atoms with E-state index in [0.29, 0.717) is 34.7 Å². The Kier molecular flexibility index (Phi) is 6.68. The average Bonchev–Trinajstić information content (AvgIpc) is 3.16. The highest BCUT2D eigenvalue weighted by molar-refractivity contribution is 6.04. The molecule has 1 aromatic carbocycles. The van der Waals surface area contributed by atoms with E-state index in [1.807, 2.05) is 13.8 Å². The number of imidazole rings is 1. The number of carbonyl (C=O) groups excluding carboxylic acids is 1. The van der Waals surface area contributed by atoms with Gasteiger partial charge >= 0.3 is 6.18 Å². The Balaban J connectivity index is 1.63. The summed E-state index contributed by atoms with van der Waals surface area (Å²) in [5.41, 5.74) is 7.79. The first-order valence-corrected chi connectivity index (χ1v) is 11.2. The van der Waals surface area contributed by atoms with E-state index in [1.165, 1.54) is 12.1 Å². The summed E-state index contributed by atoms with van der Waals surface area (Å²) in [5.74, 6) is 0.300. The molecule has 0 radical (unpaired) electrons. The Morgan fingerprint density at radius 3 is 2.50 bits per heavy atom. The first-order chi connectivity index (χ1) is 17.0. The van der Waals surface area contributed by atoms with Gasteiger partial charge in [-0.25, -0.2) is 15.0 Å². The molecule has 36 heavy (non-hydrogen) atoms. The van der Waals surface area contributed by atoms with E-state index in [1.54, 1.807) is 29.7 Å². The maximum Gasteiger partial charge on any atom is 0.416 e. The van der Waals surface area contributed by atoms with Crippen LogP contribution in [0.3, 0.4) is 0 Å².